The summed E-state index contributed by atoms with van der Waals surface area (Å²) in [7, 11) is 1.34. The van der Waals surface area contributed by atoms with E-state index < -0.39 is 6.04 Å². The largest absolute Gasteiger partial charge is 0.469 e. The van der Waals surface area contributed by atoms with E-state index in [4.69, 9.17) is 9.72 Å². The minimum Gasteiger partial charge on any atom is -0.469 e. The SMILES string of the molecule is COC(=O)CC(NC(=O)c1cc(-c2ccccc2)nc2c1cnn2C(C)C)c1cccs1. The van der Waals surface area contributed by atoms with Gasteiger partial charge in [-0.3, -0.25) is 9.59 Å². The molecule has 1 amide bonds. The maximum absolute atomic E-state index is 13.5. The van der Waals surface area contributed by atoms with Crippen molar-refractivity contribution in [3.63, 3.8) is 0 Å². The number of nitrogens with zero attached hydrogens (tertiary/aromatic N) is 3. The highest BCUT2D eigenvalue weighted by Gasteiger charge is 2.24. The van der Waals surface area contributed by atoms with Crippen LogP contribution in [0.4, 0.5) is 0 Å². The average molecular weight is 449 g/mol. The summed E-state index contributed by atoms with van der Waals surface area (Å²) in [5, 5.41) is 10.1. The van der Waals surface area contributed by atoms with E-state index in [1.807, 2.05) is 66.4 Å². The molecule has 7 nitrogen and oxygen atoms in total. The normalized spacial score (nSPS) is 12.1. The fourth-order valence-corrected chi connectivity index (χ4v) is 4.32. The highest BCUT2D eigenvalue weighted by atomic mass is 32.1. The summed E-state index contributed by atoms with van der Waals surface area (Å²) in [6.07, 6.45) is 1.72. The lowest BCUT2D eigenvalue weighted by Gasteiger charge is -2.17. The molecule has 0 fully saturated rings. The topological polar surface area (TPSA) is 86.1 Å². The van der Waals surface area contributed by atoms with Crippen LogP contribution in [0.3, 0.4) is 0 Å². The maximum Gasteiger partial charge on any atom is 0.307 e. The van der Waals surface area contributed by atoms with Crippen LogP contribution in [0.1, 0.15) is 47.6 Å². The van der Waals surface area contributed by atoms with Gasteiger partial charge < -0.3 is 10.1 Å². The molecule has 3 aromatic heterocycles. The molecule has 1 N–H and O–H groups in total. The fourth-order valence-electron chi connectivity index (χ4n) is 3.54. The Morgan fingerprint density at radius 2 is 1.94 bits per heavy atom. The Balaban J connectivity index is 1.78. The first-order valence-corrected chi connectivity index (χ1v) is 11.2. The van der Waals surface area contributed by atoms with Crippen LogP contribution in [0, 0.1) is 0 Å². The van der Waals surface area contributed by atoms with Crippen molar-refractivity contribution in [1.29, 1.82) is 0 Å². The smallest absolute Gasteiger partial charge is 0.307 e. The van der Waals surface area contributed by atoms with Gasteiger partial charge in [0, 0.05) is 16.5 Å². The summed E-state index contributed by atoms with van der Waals surface area (Å²) < 4.78 is 6.64. The first-order chi connectivity index (χ1) is 15.5. The van der Waals surface area contributed by atoms with Crippen LogP contribution in [0.25, 0.3) is 22.3 Å². The Hall–Kier alpha value is -3.52. The van der Waals surface area contributed by atoms with E-state index >= 15 is 0 Å². The molecule has 32 heavy (non-hydrogen) atoms. The number of aromatic nitrogens is 3. The van der Waals surface area contributed by atoms with Gasteiger partial charge in [0.1, 0.15) is 0 Å². The molecule has 1 atom stereocenters. The summed E-state index contributed by atoms with van der Waals surface area (Å²) in [5.41, 5.74) is 2.70. The quantitative estimate of drug-likeness (QED) is 0.412. The average Bonchev–Trinajstić information content (AvgIpc) is 3.48. The predicted molar refractivity (Wildman–Crippen MR) is 125 cm³/mol. The Morgan fingerprint density at radius 3 is 2.59 bits per heavy atom. The zero-order valence-electron chi connectivity index (χ0n) is 18.1. The summed E-state index contributed by atoms with van der Waals surface area (Å²) in [5.74, 6) is -0.679. The van der Waals surface area contributed by atoms with Crippen molar-refractivity contribution in [2.45, 2.75) is 32.4 Å². The summed E-state index contributed by atoms with van der Waals surface area (Å²) in [4.78, 5) is 31.1. The monoisotopic (exact) mass is 448 g/mol. The Morgan fingerprint density at radius 1 is 1.16 bits per heavy atom. The number of esters is 1. The van der Waals surface area contributed by atoms with Crippen molar-refractivity contribution in [3.05, 3.63) is 70.5 Å². The van der Waals surface area contributed by atoms with Gasteiger partial charge in [0.2, 0.25) is 0 Å². The summed E-state index contributed by atoms with van der Waals surface area (Å²) >= 11 is 1.48. The highest BCUT2D eigenvalue weighted by molar-refractivity contribution is 7.10. The van der Waals surface area contributed by atoms with Crippen molar-refractivity contribution >= 4 is 34.2 Å². The van der Waals surface area contributed by atoms with Gasteiger partial charge in [-0.2, -0.15) is 5.10 Å². The third kappa shape index (κ3) is 4.40. The zero-order chi connectivity index (χ0) is 22.7. The maximum atomic E-state index is 13.5. The van der Waals surface area contributed by atoms with E-state index in [1.54, 1.807) is 12.3 Å². The lowest BCUT2D eigenvalue weighted by atomic mass is 10.1. The molecule has 4 aromatic rings. The van der Waals surface area contributed by atoms with Gasteiger partial charge in [0.15, 0.2) is 5.65 Å². The van der Waals surface area contributed by atoms with Crippen molar-refractivity contribution in [2.75, 3.05) is 7.11 Å². The number of hydrogen-bond acceptors (Lipinski definition) is 6. The van der Waals surface area contributed by atoms with E-state index in [-0.39, 0.29) is 24.3 Å². The van der Waals surface area contributed by atoms with E-state index in [2.05, 4.69) is 10.4 Å². The third-order valence-corrected chi connectivity index (χ3v) is 6.15. The van der Waals surface area contributed by atoms with Crippen molar-refractivity contribution in [1.82, 2.24) is 20.1 Å². The molecule has 0 bridgehead atoms. The van der Waals surface area contributed by atoms with Crippen LogP contribution < -0.4 is 5.32 Å². The van der Waals surface area contributed by atoms with Crippen molar-refractivity contribution in [3.8, 4) is 11.3 Å². The number of pyridine rings is 1. The van der Waals surface area contributed by atoms with Gasteiger partial charge in [-0.15, -0.1) is 11.3 Å². The van der Waals surface area contributed by atoms with Crippen LogP contribution in [0.15, 0.2) is 60.1 Å². The molecule has 0 saturated heterocycles. The standard InChI is InChI=1S/C24H24N4O3S/c1-15(2)28-23-18(14-25-28)17(12-19(26-23)16-8-5-4-6-9-16)24(30)27-20(13-22(29)31-3)21-10-7-11-32-21/h4-12,14-15,20H,13H2,1-3H3,(H,27,30). The molecular formula is C24H24N4O3S. The number of carbonyl (C=O) groups excluding carboxylic acids is 2. The van der Waals surface area contributed by atoms with Gasteiger partial charge >= 0.3 is 5.97 Å². The van der Waals surface area contributed by atoms with Crippen LogP contribution in [-0.4, -0.2) is 33.8 Å². The number of benzene rings is 1. The predicted octanol–water partition coefficient (Wildman–Crippen LogP) is 4.77. The number of fused-ring (bicyclic) bond motifs is 1. The second kappa shape index (κ2) is 9.32. The molecule has 0 radical (unpaired) electrons. The second-order valence-corrected chi connectivity index (χ2v) is 8.64. The van der Waals surface area contributed by atoms with E-state index in [1.165, 1.54) is 18.4 Å². The second-order valence-electron chi connectivity index (χ2n) is 7.66. The van der Waals surface area contributed by atoms with Crippen molar-refractivity contribution < 1.29 is 14.3 Å². The number of rotatable bonds is 7. The molecule has 0 saturated carbocycles. The molecule has 1 aromatic carbocycles. The van der Waals surface area contributed by atoms with E-state index in [9.17, 15) is 9.59 Å². The van der Waals surface area contributed by atoms with Crippen LogP contribution >= 0.6 is 11.3 Å². The lowest BCUT2D eigenvalue weighted by Crippen LogP contribution is -2.30. The Kier molecular flexibility index (Phi) is 6.32. The van der Waals surface area contributed by atoms with Gasteiger partial charge in [-0.25, -0.2) is 9.67 Å². The Labute approximate surface area is 190 Å². The highest BCUT2D eigenvalue weighted by Crippen LogP contribution is 2.28. The van der Waals surface area contributed by atoms with Gasteiger partial charge in [-0.1, -0.05) is 36.4 Å². The Bertz CT molecular complexity index is 1230. The molecule has 1 unspecified atom stereocenters. The molecule has 0 aliphatic carbocycles. The number of carbonyl (C=O) groups is 2. The van der Waals surface area contributed by atoms with Crippen LogP contribution in [0.2, 0.25) is 0 Å². The number of amides is 1. The van der Waals surface area contributed by atoms with E-state index in [0.717, 1.165) is 10.4 Å². The van der Waals surface area contributed by atoms with Gasteiger partial charge in [0.25, 0.3) is 5.91 Å². The number of nitrogens with one attached hydrogen (secondary N) is 1. The van der Waals surface area contributed by atoms with Crippen LogP contribution in [0.5, 0.6) is 0 Å². The molecule has 0 aliphatic rings. The molecule has 3 heterocycles. The number of methoxy groups -OCH3 is 1. The molecule has 0 aliphatic heterocycles. The molecular weight excluding hydrogens is 424 g/mol. The molecule has 164 valence electrons. The number of thiophene rings is 1. The number of ether oxygens (including phenoxy) is 1. The first kappa shape index (κ1) is 21.7. The molecule has 8 heteroatoms. The van der Waals surface area contributed by atoms with Crippen LogP contribution in [-0.2, 0) is 9.53 Å². The molecule has 4 rings (SSSR count). The first-order valence-electron chi connectivity index (χ1n) is 10.3. The van der Waals surface area contributed by atoms with E-state index in [0.29, 0.717) is 22.3 Å². The minimum atomic E-state index is -0.488. The summed E-state index contributed by atoms with van der Waals surface area (Å²) in [6, 6.07) is 14.9. The summed E-state index contributed by atoms with van der Waals surface area (Å²) in [6.45, 7) is 4.04. The van der Waals surface area contributed by atoms with Gasteiger partial charge in [-0.05, 0) is 31.4 Å². The minimum absolute atomic E-state index is 0.0494. The third-order valence-electron chi connectivity index (χ3n) is 5.16. The zero-order valence-corrected chi connectivity index (χ0v) is 18.9. The molecule has 0 spiro atoms. The van der Waals surface area contributed by atoms with Gasteiger partial charge in [0.05, 0.1) is 42.4 Å². The van der Waals surface area contributed by atoms with Crippen molar-refractivity contribution in [2.24, 2.45) is 0 Å². The fraction of sp³-hybridized carbons (Fsp3) is 0.250. The lowest BCUT2D eigenvalue weighted by molar-refractivity contribution is -0.141. The number of hydrogen-bond donors (Lipinski definition) is 1.